The Labute approximate surface area is 180 Å². The minimum Gasteiger partial charge on any atom is -0.473 e. The molecule has 10 heteroatoms. The van der Waals surface area contributed by atoms with Crippen molar-refractivity contribution in [3.63, 3.8) is 0 Å². The molecule has 4 rings (SSSR count). The molecule has 1 aromatic heterocycles. The van der Waals surface area contributed by atoms with Gasteiger partial charge in [0.25, 0.3) is 0 Å². The molecule has 0 bridgehead atoms. The van der Waals surface area contributed by atoms with Crippen LogP contribution in [0.2, 0.25) is 0 Å². The summed E-state index contributed by atoms with van der Waals surface area (Å²) in [7, 11) is 2.00. The first-order valence-electron chi connectivity index (χ1n) is 8.71. The van der Waals surface area contributed by atoms with Crippen LogP contribution in [0.5, 0.6) is 11.5 Å². The number of carboxylic acid groups (broad SMARTS) is 2. The molecule has 3 aromatic rings. The van der Waals surface area contributed by atoms with E-state index in [1.165, 1.54) is 5.56 Å². The lowest BCUT2D eigenvalue weighted by Crippen LogP contribution is -2.09. The molecule has 0 spiro atoms. The summed E-state index contributed by atoms with van der Waals surface area (Å²) < 4.78 is 13.9. The number of nitrogens with zero attached hydrogens (tertiary/aromatic N) is 2. The number of fused-ring (bicyclic) bond motifs is 1. The van der Waals surface area contributed by atoms with E-state index in [4.69, 9.17) is 29.3 Å². The predicted octanol–water partition coefficient (Wildman–Crippen LogP) is 3.35. The summed E-state index contributed by atoms with van der Waals surface area (Å²) in [6, 6.07) is 14.2. The number of anilines is 1. The van der Waals surface area contributed by atoms with Crippen LogP contribution in [0.4, 0.5) is 5.95 Å². The monoisotopic (exact) mass is 475 g/mol. The zero-order valence-electron chi connectivity index (χ0n) is 15.8. The summed E-state index contributed by atoms with van der Waals surface area (Å²) in [6.07, 6.45) is 1.86. The molecule has 0 aliphatic carbocycles. The number of ether oxygens (including phenoxy) is 2. The van der Waals surface area contributed by atoms with Gasteiger partial charge >= 0.3 is 11.9 Å². The van der Waals surface area contributed by atoms with E-state index in [1.807, 2.05) is 48.1 Å². The molecule has 3 N–H and O–H groups in total. The van der Waals surface area contributed by atoms with Crippen LogP contribution in [0, 0.1) is 0 Å². The van der Waals surface area contributed by atoms with Gasteiger partial charge in [0.15, 0.2) is 11.5 Å². The molecular formula is C20H18BrN3O6. The van der Waals surface area contributed by atoms with Crippen molar-refractivity contribution >= 4 is 33.8 Å². The highest BCUT2D eigenvalue weighted by atomic mass is 79.9. The first-order chi connectivity index (χ1) is 14.3. The van der Waals surface area contributed by atoms with Gasteiger partial charge in [-0.05, 0) is 35.9 Å². The van der Waals surface area contributed by atoms with Crippen molar-refractivity contribution in [2.75, 3.05) is 12.1 Å². The standard InChI is InChI=1S/C18H16BrN3O2.C2H2O4/c1-22-15(13-4-7-16-17(8-13)24-11-23-16)10-21-18(22)20-9-12-2-5-14(19)6-3-12;3-1(4)2(5)6/h2-8,10H,9,11H2,1H3,(H,20,21);(H,3,4)(H,5,6). The predicted molar refractivity (Wildman–Crippen MR) is 112 cm³/mol. The summed E-state index contributed by atoms with van der Waals surface area (Å²) in [5.74, 6) is -1.26. The van der Waals surface area contributed by atoms with Crippen LogP contribution in [0.3, 0.4) is 0 Å². The van der Waals surface area contributed by atoms with Gasteiger partial charge < -0.3 is 29.6 Å². The van der Waals surface area contributed by atoms with Crippen LogP contribution in [0.15, 0.2) is 53.1 Å². The highest BCUT2D eigenvalue weighted by Gasteiger charge is 2.16. The largest absolute Gasteiger partial charge is 0.473 e. The third-order valence-corrected chi connectivity index (χ3v) is 4.73. The molecule has 0 unspecified atom stereocenters. The minimum absolute atomic E-state index is 0.282. The van der Waals surface area contributed by atoms with Crippen LogP contribution in [-0.2, 0) is 23.2 Å². The van der Waals surface area contributed by atoms with Crippen molar-refractivity contribution in [3.05, 3.63) is 58.7 Å². The van der Waals surface area contributed by atoms with E-state index in [2.05, 4.69) is 38.4 Å². The lowest BCUT2D eigenvalue weighted by atomic mass is 10.1. The molecule has 9 nitrogen and oxygen atoms in total. The van der Waals surface area contributed by atoms with E-state index in [1.54, 1.807) is 0 Å². The van der Waals surface area contributed by atoms with E-state index in [9.17, 15) is 0 Å². The molecule has 30 heavy (non-hydrogen) atoms. The second-order valence-corrected chi connectivity index (χ2v) is 7.10. The fourth-order valence-corrected chi connectivity index (χ4v) is 2.95. The van der Waals surface area contributed by atoms with E-state index in [-0.39, 0.29) is 6.79 Å². The van der Waals surface area contributed by atoms with Crippen molar-refractivity contribution < 1.29 is 29.3 Å². The van der Waals surface area contributed by atoms with Gasteiger partial charge in [0.1, 0.15) is 0 Å². The third kappa shape index (κ3) is 5.09. The van der Waals surface area contributed by atoms with Crippen molar-refractivity contribution in [2.45, 2.75) is 6.54 Å². The van der Waals surface area contributed by atoms with Crippen LogP contribution >= 0.6 is 15.9 Å². The number of benzene rings is 2. The number of halogens is 1. The van der Waals surface area contributed by atoms with E-state index in [0.29, 0.717) is 0 Å². The second kappa shape index (κ2) is 9.31. The Bertz CT molecular complexity index is 1050. The Kier molecular flexibility index (Phi) is 6.58. The molecule has 1 aliphatic heterocycles. The number of hydrogen-bond acceptors (Lipinski definition) is 6. The van der Waals surface area contributed by atoms with E-state index < -0.39 is 11.9 Å². The Morgan fingerprint density at radius 1 is 1.10 bits per heavy atom. The Morgan fingerprint density at radius 3 is 2.43 bits per heavy atom. The van der Waals surface area contributed by atoms with Gasteiger partial charge in [-0.1, -0.05) is 28.1 Å². The number of imidazole rings is 1. The SMILES string of the molecule is Cn1c(-c2ccc3c(c2)OCO3)cnc1NCc1ccc(Br)cc1.O=C(O)C(=O)O. The van der Waals surface area contributed by atoms with Gasteiger partial charge in [0.05, 0.1) is 11.9 Å². The first kappa shape index (κ1) is 21.2. The van der Waals surface area contributed by atoms with E-state index >= 15 is 0 Å². The van der Waals surface area contributed by atoms with E-state index in [0.717, 1.165) is 39.7 Å². The zero-order chi connectivity index (χ0) is 21.7. The fourth-order valence-electron chi connectivity index (χ4n) is 2.68. The Balaban J connectivity index is 0.000000377. The summed E-state index contributed by atoms with van der Waals surface area (Å²) in [4.78, 5) is 22.7. The molecule has 0 radical (unpaired) electrons. The maximum atomic E-state index is 9.10. The minimum atomic E-state index is -1.82. The maximum Gasteiger partial charge on any atom is 0.414 e. The molecule has 156 valence electrons. The number of carboxylic acids is 2. The smallest absolute Gasteiger partial charge is 0.414 e. The normalized spacial score (nSPS) is 11.4. The number of hydrogen-bond donors (Lipinski definition) is 3. The molecule has 0 amide bonds. The highest BCUT2D eigenvalue weighted by Crippen LogP contribution is 2.36. The zero-order valence-corrected chi connectivity index (χ0v) is 17.4. The molecule has 1 aliphatic rings. The first-order valence-corrected chi connectivity index (χ1v) is 9.50. The van der Waals surface area contributed by atoms with Gasteiger partial charge in [-0.15, -0.1) is 0 Å². The van der Waals surface area contributed by atoms with Crippen LogP contribution in [-0.4, -0.2) is 38.5 Å². The van der Waals surface area contributed by atoms with Crippen molar-refractivity contribution in [2.24, 2.45) is 7.05 Å². The summed E-state index contributed by atoms with van der Waals surface area (Å²) in [6.45, 7) is 1.00. The topological polar surface area (TPSA) is 123 Å². The number of aliphatic carboxylic acids is 2. The van der Waals surface area contributed by atoms with Gasteiger partial charge in [0, 0.05) is 23.6 Å². The average molecular weight is 476 g/mol. The summed E-state index contributed by atoms with van der Waals surface area (Å²) >= 11 is 3.45. The van der Waals surface area contributed by atoms with Gasteiger partial charge in [-0.2, -0.15) is 0 Å². The lowest BCUT2D eigenvalue weighted by molar-refractivity contribution is -0.159. The van der Waals surface area contributed by atoms with Crippen LogP contribution in [0.25, 0.3) is 11.3 Å². The molecule has 0 fully saturated rings. The molecule has 2 heterocycles. The fraction of sp³-hybridized carbons (Fsp3) is 0.150. The maximum absolute atomic E-state index is 9.10. The molecule has 2 aromatic carbocycles. The van der Waals surface area contributed by atoms with Gasteiger partial charge in [-0.3, -0.25) is 0 Å². The Hall–Kier alpha value is -3.53. The van der Waals surface area contributed by atoms with Crippen molar-refractivity contribution in [1.29, 1.82) is 0 Å². The summed E-state index contributed by atoms with van der Waals surface area (Å²) in [5, 5.41) is 18.2. The highest BCUT2D eigenvalue weighted by molar-refractivity contribution is 9.10. The van der Waals surface area contributed by atoms with Gasteiger partial charge in [0.2, 0.25) is 12.7 Å². The molecule has 0 atom stereocenters. The number of rotatable bonds is 4. The number of carbonyl (C=O) groups is 2. The number of aromatic nitrogens is 2. The molecule has 0 saturated carbocycles. The molecule has 0 saturated heterocycles. The number of nitrogens with one attached hydrogen (secondary N) is 1. The average Bonchev–Trinajstić information content (AvgIpc) is 3.34. The van der Waals surface area contributed by atoms with Crippen LogP contribution < -0.4 is 14.8 Å². The second-order valence-electron chi connectivity index (χ2n) is 6.18. The molecular weight excluding hydrogens is 458 g/mol. The van der Waals surface area contributed by atoms with Crippen molar-refractivity contribution in [3.8, 4) is 22.8 Å². The quantitative estimate of drug-likeness (QED) is 0.490. The third-order valence-electron chi connectivity index (χ3n) is 4.20. The van der Waals surface area contributed by atoms with Crippen LogP contribution in [0.1, 0.15) is 5.56 Å². The van der Waals surface area contributed by atoms with Gasteiger partial charge in [-0.25, -0.2) is 14.6 Å². The Morgan fingerprint density at radius 2 is 1.77 bits per heavy atom. The lowest BCUT2D eigenvalue weighted by Gasteiger charge is -2.09. The van der Waals surface area contributed by atoms with Crippen molar-refractivity contribution in [1.82, 2.24) is 9.55 Å². The summed E-state index contributed by atoms with van der Waals surface area (Å²) in [5.41, 5.74) is 3.27.